The maximum atomic E-state index is 13.0. The Hall–Kier alpha value is -2.50. The normalized spacial score (nSPS) is 12.6. The molecule has 0 spiro atoms. The van der Waals surface area contributed by atoms with E-state index < -0.39 is 29.3 Å². The molecule has 0 fully saturated rings. The highest BCUT2D eigenvalue weighted by atomic mass is 19.4. The molecule has 2 aromatic carbocycles. The molecule has 6 heteroatoms. The first-order chi connectivity index (χ1) is 10.8. The van der Waals surface area contributed by atoms with Crippen LogP contribution in [-0.2, 0) is 6.18 Å². The van der Waals surface area contributed by atoms with Crippen LogP contribution < -0.4 is 10.1 Å². The lowest BCUT2D eigenvalue weighted by atomic mass is 10.0. The minimum Gasteiger partial charge on any atom is -0.496 e. The molecule has 2 rings (SSSR count). The van der Waals surface area contributed by atoms with Gasteiger partial charge < -0.3 is 10.1 Å². The zero-order chi connectivity index (χ0) is 17.0. The van der Waals surface area contributed by atoms with Crippen molar-refractivity contribution in [2.24, 2.45) is 0 Å². The monoisotopic (exact) mass is 323 g/mol. The summed E-state index contributed by atoms with van der Waals surface area (Å²) in [7, 11) is 1.49. The molecule has 0 radical (unpaired) electrons. The number of nitrogens with one attached hydrogen (secondary N) is 1. The number of hydrogen-bond acceptors (Lipinski definition) is 2. The molecule has 0 aliphatic rings. The second-order valence-electron chi connectivity index (χ2n) is 4.98. The van der Waals surface area contributed by atoms with Crippen LogP contribution in [0.2, 0.25) is 0 Å². The summed E-state index contributed by atoms with van der Waals surface area (Å²) in [5.74, 6) is -0.222. The molecule has 3 nitrogen and oxygen atoms in total. The van der Waals surface area contributed by atoms with Gasteiger partial charge in [-0.3, -0.25) is 4.79 Å². The quantitative estimate of drug-likeness (QED) is 0.915. The summed E-state index contributed by atoms with van der Waals surface area (Å²) in [6.07, 6.45) is -4.58. The first kappa shape index (κ1) is 16.9. The zero-order valence-electron chi connectivity index (χ0n) is 12.6. The molecule has 1 unspecified atom stereocenters. The van der Waals surface area contributed by atoms with Crippen LogP contribution in [0.15, 0.2) is 48.5 Å². The molecular weight excluding hydrogens is 307 g/mol. The summed E-state index contributed by atoms with van der Waals surface area (Å²) < 4.78 is 44.2. The summed E-state index contributed by atoms with van der Waals surface area (Å²) in [6.45, 7) is 1.69. The van der Waals surface area contributed by atoms with Crippen molar-refractivity contribution in [3.05, 3.63) is 65.2 Å². The van der Waals surface area contributed by atoms with Crippen LogP contribution in [0.25, 0.3) is 0 Å². The van der Waals surface area contributed by atoms with Gasteiger partial charge in [0.2, 0.25) is 0 Å². The number of hydrogen-bond donors (Lipinski definition) is 1. The number of para-hydroxylation sites is 1. The molecule has 1 amide bonds. The van der Waals surface area contributed by atoms with Crippen LogP contribution in [0.3, 0.4) is 0 Å². The number of rotatable bonds is 4. The highest BCUT2D eigenvalue weighted by Crippen LogP contribution is 2.32. The van der Waals surface area contributed by atoms with Crippen LogP contribution in [0.4, 0.5) is 13.2 Å². The maximum absolute atomic E-state index is 13.0. The standard InChI is InChI=1S/C17H16F3NO2/c1-11(12-7-4-6-10-15(12)23-2)21-16(22)13-8-3-5-9-14(13)17(18,19)20/h3-11H,1-2H3,(H,21,22). The van der Waals surface area contributed by atoms with E-state index in [9.17, 15) is 18.0 Å². The molecule has 0 aromatic heterocycles. The average Bonchev–Trinajstić information content (AvgIpc) is 2.53. The third kappa shape index (κ3) is 3.83. The van der Waals surface area contributed by atoms with Crippen molar-refractivity contribution in [1.29, 1.82) is 0 Å². The molecule has 1 atom stereocenters. The molecule has 0 aliphatic heterocycles. The Morgan fingerprint density at radius 1 is 1.09 bits per heavy atom. The fourth-order valence-electron chi connectivity index (χ4n) is 2.30. The lowest BCUT2D eigenvalue weighted by Gasteiger charge is -2.19. The zero-order valence-corrected chi connectivity index (χ0v) is 12.6. The first-order valence-corrected chi connectivity index (χ1v) is 6.94. The number of benzene rings is 2. The van der Waals surface area contributed by atoms with Gasteiger partial charge in [0.15, 0.2) is 0 Å². The van der Waals surface area contributed by atoms with E-state index in [-0.39, 0.29) is 0 Å². The Bertz CT molecular complexity index is 698. The second-order valence-corrected chi connectivity index (χ2v) is 4.98. The van der Waals surface area contributed by atoms with Crippen molar-refractivity contribution in [1.82, 2.24) is 5.32 Å². The van der Waals surface area contributed by atoms with E-state index in [1.807, 2.05) is 0 Å². The summed E-state index contributed by atoms with van der Waals surface area (Å²) in [6, 6.07) is 11.2. The molecular formula is C17H16F3NO2. The van der Waals surface area contributed by atoms with Gasteiger partial charge in [0.1, 0.15) is 5.75 Å². The predicted molar refractivity (Wildman–Crippen MR) is 80.3 cm³/mol. The predicted octanol–water partition coefficient (Wildman–Crippen LogP) is 4.21. The van der Waals surface area contributed by atoms with E-state index in [1.54, 1.807) is 31.2 Å². The second kappa shape index (κ2) is 6.73. The largest absolute Gasteiger partial charge is 0.496 e. The Morgan fingerprint density at radius 3 is 2.35 bits per heavy atom. The van der Waals surface area contributed by atoms with Gasteiger partial charge in [-0.25, -0.2) is 0 Å². The van der Waals surface area contributed by atoms with E-state index in [1.165, 1.54) is 19.2 Å². The number of carbonyl (C=O) groups excluding carboxylic acids is 1. The van der Waals surface area contributed by atoms with Gasteiger partial charge in [-0.15, -0.1) is 0 Å². The van der Waals surface area contributed by atoms with Crippen molar-refractivity contribution >= 4 is 5.91 Å². The highest BCUT2D eigenvalue weighted by Gasteiger charge is 2.35. The Labute approximate surface area is 132 Å². The molecule has 0 saturated carbocycles. The van der Waals surface area contributed by atoms with Crippen LogP contribution in [-0.4, -0.2) is 13.0 Å². The summed E-state index contributed by atoms with van der Waals surface area (Å²) in [4.78, 5) is 12.2. The lowest BCUT2D eigenvalue weighted by molar-refractivity contribution is -0.137. The third-order valence-electron chi connectivity index (χ3n) is 3.43. The molecule has 1 N–H and O–H groups in total. The van der Waals surface area contributed by atoms with E-state index in [0.717, 1.165) is 12.1 Å². The smallest absolute Gasteiger partial charge is 0.417 e. The number of methoxy groups -OCH3 is 1. The molecule has 23 heavy (non-hydrogen) atoms. The Kier molecular flexibility index (Phi) is 4.93. The van der Waals surface area contributed by atoms with Crippen molar-refractivity contribution in [2.75, 3.05) is 7.11 Å². The SMILES string of the molecule is COc1ccccc1C(C)NC(=O)c1ccccc1C(F)(F)F. The van der Waals surface area contributed by atoms with Gasteiger partial charge in [-0.1, -0.05) is 30.3 Å². The van der Waals surface area contributed by atoms with Gasteiger partial charge >= 0.3 is 6.18 Å². The maximum Gasteiger partial charge on any atom is 0.417 e. The van der Waals surface area contributed by atoms with Crippen molar-refractivity contribution in [3.8, 4) is 5.75 Å². The highest BCUT2D eigenvalue weighted by molar-refractivity contribution is 5.96. The molecule has 122 valence electrons. The fourth-order valence-corrected chi connectivity index (χ4v) is 2.30. The van der Waals surface area contributed by atoms with Crippen molar-refractivity contribution in [2.45, 2.75) is 19.1 Å². The van der Waals surface area contributed by atoms with Crippen LogP contribution >= 0.6 is 0 Å². The van der Waals surface area contributed by atoms with Gasteiger partial charge in [-0.2, -0.15) is 13.2 Å². The van der Waals surface area contributed by atoms with Gasteiger partial charge in [-0.05, 0) is 25.1 Å². The van der Waals surface area contributed by atoms with Crippen molar-refractivity contribution in [3.63, 3.8) is 0 Å². The van der Waals surface area contributed by atoms with Gasteiger partial charge in [0, 0.05) is 5.56 Å². The molecule has 0 heterocycles. The number of alkyl halides is 3. The molecule has 0 aliphatic carbocycles. The number of ether oxygens (including phenoxy) is 1. The Morgan fingerprint density at radius 2 is 1.70 bits per heavy atom. The lowest BCUT2D eigenvalue weighted by Crippen LogP contribution is -2.29. The average molecular weight is 323 g/mol. The summed E-state index contributed by atoms with van der Waals surface area (Å²) >= 11 is 0. The van der Waals surface area contributed by atoms with E-state index in [2.05, 4.69) is 5.32 Å². The number of halogens is 3. The number of amides is 1. The van der Waals surface area contributed by atoms with Crippen LogP contribution in [0, 0.1) is 0 Å². The van der Waals surface area contributed by atoms with E-state index in [0.29, 0.717) is 11.3 Å². The summed E-state index contributed by atoms with van der Waals surface area (Å²) in [5.41, 5.74) is -0.667. The topological polar surface area (TPSA) is 38.3 Å². The molecule has 0 saturated heterocycles. The number of carbonyl (C=O) groups is 1. The summed E-state index contributed by atoms with van der Waals surface area (Å²) in [5, 5.41) is 2.58. The van der Waals surface area contributed by atoms with E-state index >= 15 is 0 Å². The van der Waals surface area contributed by atoms with Crippen LogP contribution in [0.5, 0.6) is 5.75 Å². The minimum atomic E-state index is -4.58. The van der Waals surface area contributed by atoms with E-state index in [4.69, 9.17) is 4.74 Å². The first-order valence-electron chi connectivity index (χ1n) is 6.94. The third-order valence-corrected chi connectivity index (χ3v) is 3.43. The Balaban J connectivity index is 2.26. The van der Waals surface area contributed by atoms with Gasteiger partial charge in [0.05, 0.1) is 24.3 Å². The minimum absolute atomic E-state index is 0.401. The molecule has 2 aromatic rings. The molecule has 0 bridgehead atoms. The van der Waals surface area contributed by atoms with Gasteiger partial charge in [0.25, 0.3) is 5.91 Å². The van der Waals surface area contributed by atoms with Crippen molar-refractivity contribution < 1.29 is 22.7 Å². The van der Waals surface area contributed by atoms with Crippen LogP contribution in [0.1, 0.15) is 34.5 Å². The fraction of sp³-hybridized carbons (Fsp3) is 0.235.